The van der Waals surface area contributed by atoms with Gasteiger partial charge in [0, 0.05) is 10.0 Å². The van der Waals surface area contributed by atoms with Gasteiger partial charge in [0.1, 0.15) is 0 Å². The Bertz CT molecular complexity index is 302. The molecule has 0 radical (unpaired) electrons. The first-order chi connectivity index (χ1) is 5.52. The van der Waals surface area contributed by atoms with Gasteiger partial charge in [0.25, 0.3) is 6.43 Å². The zero-order valence-electron chi connectivity index (χ0n) is 5.62. The highest BCUT2D eigenvalue weighted by atomic mass is 79.9. The second kappa shape index (κ2) is 3.90. The van der Waals surface area contributed by atoms with Crippen LogP contribution in [0, 0.1) is 0 Å². The van der Waals surface area contributed by atoms with Crippen molar-refractivity contribution in [3.05, 3.63) is 32.2 Å². The van der Waals surface area contributed by atoms with Gasteiger partial charge in [-0.1, -0.05) is 39.1 Å². The third-order valence-electron chi connectivity index (χ3n) is 1.26. The van der Waals surface area contributed by atoms with Crippen molar-refractivity contribution < 1.29 is 8.78 Å². The molecule has 0 aliphatic heterocycles. The number of alkyl halides is 2. The van der Waals surface area contributed by atoms with Gasteiger partial charge in [-0.25, -0.2) is 8.78 Å². The Hall–Kier alpha value is 0.140. The van der Waals surface area contributed by atoms with Gasteiger partial charge in [0.05, 0.1) is 10.0 Å². The van der Waals surface area contributed by atoms with Crippen molar-refractivity contribution in [1.82, 2.24) is 0 Å². The third-order valence-corrected chi connectivity index (χ3v) is 2.53. The molecule has 0 atom stereocenters. The van der Waals surface area contributed by atoms with Crippen LogP contribution in [-0.4, -0.2) is 0 Å². The lowest BCUT2D eigenvalue weighted by molar-refractivity contribution is 0.151. The van der Waals surface area contributed by atoms with E-state index in [0.29, 0.717) is 4.47 Å². The molecule has 0 bridgehead atoms. The van der Waals surface area contributed by atoms with Crippen LogP contribution in [0.4, 0.5) is 8.78 Å². The number of hydrogen-bond donors (Lipinski definition) is 0. The summed E-state index contributed by atoms with van der Waals surface area (Å²) >= 11 is 14.1. The predicted octanol–water partition coefficient (Wildman–Crippen LogP) is 4.69. The summed E-state index contributed by atoms with van der Waals surface area (Å²) < 4.78 is 24.9. The van der Waals surface area contributed by atoms with Crippen LogP contribution in [0.15, 0.2) is 16.6 Å². The monoisotopic (exact) mass is 274 g/mol. The van der Waals surface area contributed by atoms with Gasteiger partial charge in [-0.05, 0) is 12.1 Å². The molecular formula is C7H3BrCl2F2. The zero-order chi connectivity index (χ0) is 9.30. The summed E-state index contributed by atoms with van der Waals surface area (Å²) in [7, 11) is 0. The average Bonchev–Trinajstić information content (AvgIpc) is 1.96. The Morgan fingerprint density at radius 3 is 2.33 bits per heavy atom. The van der Waals surface area contributed by atoms with Crippen molar-refractivity contribution >= 4 is 39.1 Å². The fourth-order valence-corrected chi connectivity index (χ4v) is 1.76. The van der Waals surface area contributed by atoms with E-state index in [1.54, 1.807) is 0 Å². The maximum absolute atomic E-state index is 12.2. The highest BCUT2D eigenvalue weighted by Gasteiger charge is 2.14. The predicted molar refractivity (Wildman–Crippen MR) is 49.1 cm³/mol. The maximum Gasteiger partial charge on any atom is 0.265 e. The van der Waals surface area contributed by atoms with Gasteiger partial charge < -0.3 is 0 Å². The minimum Gasteiger partial charge on any atom is -0.205 e. The average molecular weight is 276 g/mol. The molecule has 66 valence electrons. The largest absolute Gasteiger partial charge is 0.265 e. The highest BCUT2D eigenvalue weighted by molar-refractivity contribution is 9.10. The van der Waals surface area contributed by atoms with Gasteiger partial charge in [0.2, 0.25) is 0 Å². The summed E-state index contributed by atoms with van der Waals surface area (Å²) in [6, 6.07) is 2.72. The van der Waals surface area contributed by atoms with Gasteiger partial charge in [-0.15, -0.1) is 0 Å². The van der Waals surface area contributed by atoms with Crippen LogP contribution in [0.2, 0.25) is 10.0 Å². The summed E-state index contributed by atoms with van der Waals surface area (Å²) in [5.41, 5.74) is -0.254. The lowest BCUT2D eigenvalue weighted by Crippen LogP contribution is -1.86. The van der Waals surface area contributed by atoms with Gasteiger partial charge >= 0.3 is 0 Å². The molecule has 0 saturated heterocycles. The molecule has 0 nitrogen and oxygen atoms in total. The van der Waals surface area contributed by atoms with E-state index < -0.39 is 6.43 Å². The van der Waals surface area contributed by atoms with Crippen molar-refractivity contribution in [3.8, 4) is 0 Å². The van der Waals surface area contributed by atoms with E-state index in [9.17, 15) is 8.78 Å². The van der Waals surface area contributed by atoms with Crippen molar-refractivity contribution in [1.29, 1.82) is 0 Å². The van der Waals surface area contributed by atoms with E-state index in [2.05, 4.69) is 15.9 Å². The molecule has 0 aliphatic carbocycles. The highest BCUT2D eigenvalue weighted by Crippen LogP contribution is 2.35. The summed E-state index contributed by atoms with van der Waals surface area (Å²) in [6.45, 7) is 0. The van der Waals surface area contributed by atoms with Crippen LogP contribution in [0.1, 0.15) is 12.0 Å². The number of benzene rings is 1. The first kappa shape index (κ1) is 10.2. The molecule has 1 rings (SSSR count). The standard InChI is InChI=1S/C7H3BrCl2F2/c8-3-1-4(7(11)12)6(10)5(9)2-3/h1-2,7H. The number of hydrogen-bond acceptors (Lipinski definition) is 0. The van der Waals surface area contributed by atoms with Gasteiger partial charge in [-0.3, -0.25) is 0 Å². The van der Waals surface area contributed by atoms with E-state index in [0.717, 1.165) is 0 Å². The van der Waals surface area contributed by atoms with Crippen molar-refractivity contribution in [2.75, 3.05) is 0 Å². The van der Waals surface area contributed by atoms with Gasteiger partial charge in [-0.2, -0.15) is 0 Å². The van der Waals surface area contributed by atoms with Crippen LogP contribution >= 0.6 is 39.1 Å². The lowest BCUT2D eigenvalue weighted by Gasteiger charge is -2.04. The van der Waals surface area contributed by atoms with Crippen molar-refractivity contribution in [2.24, 2.45) is 0 Å². The quantitative estimate of drug-likeness (QED) is 0.652. The lowest BCUT2D eigenvalue weighted by atomic mass is 10.2. The molecule has 0 amide bonds. The first-order valence-corrected chi connectivity index (χ1v) is 4.50. The van der Waals surface area contributed by atoms with Gasteiger partial charge in [0.15, 0.2) is 0 Å². The Morgan fingerprint density at radius 1 is 1.25 bits per heavy atom. The molecule has 0 heterocycles. The molecule has 0 fully saturated rings. The second-order valence-electron chi connectivity index (χ2n) is 2.09. The molecule has 0 N–H and O–H groups in total. The minimum absolute atomic E-state index is 0.0881. The van der Waals surface area contributed by atoms with E-state index in [-0.39, 0.29) is 15.6 Å². The van der Waals surface area contributed by atoms with Crippen LogP contribution in [-0.2, 0) is 0 Å². The summed E-state index contributed by atoms with van der Waals surface area (Å²) in [4.78, 5) is 0. The summed E-state index contributed by atoms with van der Waals surface area (Å²) in [6.07, 6.45) is -2.60. The van der Waals surface area contributed by atoms with Crippen LogP contribution in [0.25, 0.3) is 0 Å². The molecule has 1 aromatic rings. The molecule has 0 unspecified atom stereocenters. The smallest absolute Gasteiger partial charge is 0.205 e. The van der Waals surface area contributed by atoms with E-state index >= 15 is 0 Å². The molecule has 0 aliphatic rings. The normalized spacial score (nSPS) is 10.8. The summed E-state index contributed by atoms with van der Waals surface area (Å²) in [5, 5.41) is 0.0382. The van der Waals surface area contributed by atoms with Crippen molar-refractivity contribution in [3.63, 3.8) is 0 Å². The fraction of sp³-hybridized carbons (Fsp3) is 0.143. The summed E-state index contributed by atoms with van der Waals surface area (Å²) in [5.74, 6) is 0. The molecular weight excluding hydrogens is 273 g/mol. The van der Waals surface area contributed by atoms with E-state index in [1.807, 2.05) is 0 Å². The third kappa shape index (κ3) is 2.09. The maximum atomic E-state index is 12.2. The Labute approximate surface area is 86.6 Å². The van der Waals surface area contributed by atoms with Crippen LogP contribution in [0.5, 0.6) is 0 Å². The first-order valence-electron chi connectivity index (χ1n) is 2.95. The van der Waals surface area contributed by atoms with Crippen molar-refractivity contribution in [2.45, 2.75) is 6.43 Å². The topological polar surface area (TPSA) is 0 Å². The SMILES string of the molecule is FC(F)c1cc(Br)cc(Cl)c1Cl. The second-order valence-corrected chi connectivity index (χ2v) is 3.79. The Morgan fingerprint density at radius 2 is 1.83 bits per heavy atom. The molecule has 1 aromatic carbocycles. The van der Waals surface area contributed by atoms with E-state index in [1.165, 1.54) is 12.1 Å². The zero-order valence-corrected chi connectivity index (χ0v) is 8.72. The molecule has 5 heteroatoms. The Balaban J connectivity index is 3.28. The molecule has 12 heavy (non-hydrogen) atoms. The minimum atomic E-state index is -2.60. The van der Waals surface area contributed by atoms with Crippen LogP contribution in [0.3, 0.4) is 0 Å². The number of halogens is 5. The van der Waals surface area contributed by atoms with E-state index in [4.69, 9.17) is 23.2 Å². The number of rotatable bonds is 1. The molecule has 0 saturated carbocycles. The fourth-order valence-electron chi connectivity index (χ4n) is 0.735. The Kier molecular flexibility index (Phi) is 3.32. The molecule has 0 spiro atoms. The van der Waals surface area contributed by atoms with Crippen LogP contribution < -0.4 is 0 Å². The molecule has 0 aromatic heterocycles.